The van der Waals surface area contributed by atoms with Crippen molar-refractivity contribution in [1.82, 2.24) is 0 Å². The third kappa shape index (κ3) is 2.89. The lowest BCUT2D eigenvalue weighted by molar-refractivity contribution is -0.307. The average molecular weight is 318 g/mol. The van der Waals surface area contributed by atoms with Crippen LogP contribution in [-0.2, 0) is 23.7 Å². The second-order valence-electron chi connectivity index (χ2n) is 6.79. The minimum atomic E-state index is -0.492. The maximum absolute atomic E-state index is 11.5. The standard InChI is InChI=1S/C18H22O5/c1-18-11-20-17(12-5-3-2-4-6-12)22-15(18)9-7-13-14(23-18)8-10-16(19)21-13/h2-6,13-15,17H,7-11H2,1H3/t13-,14+,15+,17-,18-/m1/s1. The molecule has 0 aliphatic carbocycles. The van der Waals surface area contributed by atoms with Crippen LogP contribution in [0, 0.1) is 0 Å². The number of esters is 1. The summed E-state index contributed by atoms with van der Waals surface area (Å²) in [4.78, 5) is 11.5. The van der Waals surface area contributed by atoms with E-state index in [1.165, 1.54) is 0 Å². The Kier molecular flexibility index (Phi) is 3.87. The molecule has 3 saturated heterocycles. The normalized spacial score (nSPS) is 40.5. The van der Waals surface area contributed by atoms with Crippen LogP contribution >= 0.6 is 0 Å². The highest BCUT2D eigenvalue weighted by Crippen LogP contribution is 2.41. The zero-order chi connectivity index (χ0) is 15.9. The quantitative estimate of drug-likeness (QED) is 0.745. The van der Waals surface area contributed by atoms with Crippen molar-refractivity contribution in [3.8, 4) is 0 Å². The lowest BCUT2D eigenvalue weighted by Crippen LogP contribution is -2.53. The number of ether oxygens (including phenoxy) is 4. The van der Waals surface area contributed by atoms with Gasteiger partial charge in [0.15, 0.2) is 6.29 Å². The number of rotatable bonds is 1. The number of hydrogen-bond acceptors (Lipinski definition) is 5. The molecule has 0 aromatic heterocycles. The van der Waals surface area contributed by atoms with Crippen LogP contribution in [0.3, 0.4) is 0 Å². The third-order valence-electron chi connectivity index (χ3n) is 5.03. The maximum atomic E-state index is 11.5. The maximum Gasteiger partial charge on any atom is 0.306 e. The fourth-order valence-electron chi connectivity index (χ4n) is 3.73. The van der Waals surface area contributed by atoms with Crippen molar-refractivity contribution in [2.24, 2.45) is 0 Å². The Labute approximate surface area is 135 Å². The van der Waals surface area contributed by atoms with Gasteiger partial charge in [0.2, 0.25) is 0 Å². The number of carbonyl (C=O) groups is 1. The molecule has 1 aromatic rings. The Morgan fingerprint density at radius 1 is 1.09 bits per heavy atom. The van der Waals surface area contributed by atoms with Gasteiger partial charge in [-0.1, -0.05) is 30.3 Å². The van der Waals surface area contributed by atoms with Gasteiger partial charge in [-0.15, -0.1) is 0 Å². The van der Waals surface area contributed by atoms with Crippen molar-refractivity contribution < 1.29 is 23.7 Å². The zero-order valence-corrected chi connectivity index (χ0v) is 13.3. The fraction of sp³-hybridized carbons (Fsp3) is 0.611. The van der Waals surface area contributed by atoms with Crippen LogP contribution < -0.4 is 0 Å². The molecular weight excluding hydrogens is 296 g/mol. The van der Waals surface area contributed by atoms with E-state index in [9.17, 15) is 4.79 Å². The third-order valence-corrected chi connectivity index (χ3v) is 5.03. The van der Waals surface area contributed by atoms with E-state index in [4.69, 9.17) is 18.9 Å². The van der Waals surface area contributed by atoms with Gasteiger partial charge in [0, 0.05) is 12.0 Å². The molecule has 0 spiro atoms. The van der Waals surface area contributed by atoms with Crippen LogP contribution in [0.15, 0.2) is 30.3 Å². The zero-order valence-electron chi connectivity index (χ0n) is 13.3. The predicted molar refractivity (Wildman–Crippen MR) is 81.6 cm³/mol. The molecule has 3 aliphatic rings. The van der Waals surface area contributed by atoms with Crippen molar-refractivity contribution >= 4 is 5.97 Å². The molecule has 3 aliphatic heterocycles. The largest absolute Gasteiger partial charge is 0.460 e. The molecule has 0 N–H and O–H groups in total. The molecule has 23 heavy (non-hydrogen) atoms. The molecule has 0 bridgehead atoms. The van der Waals surface area contributed by atoms with Crippen LogP contribution in [0.4, 0.5) is 0 Å². The number of benzene rings is 1. The van der Waals surface area contributed by atoms with Gasteiger partial charge in [0.05, 0.1) is 18.8 Å². The molecule has 0 amide bonds. The summed E-state index contributed by atoms with van der Waals surface area (Å²) in [6.45, 7) is 2.52. The molecule has 0 saturated carbocycles. The highest BCUT2D eigenvalue weighted by molar-refractivity contribution is 5.70. The minimum absolute atomic E-state index is 0.0526. The van der Waals surface area contributed by atoms with Gasteiger partial charge in [-0.3, -0.25) is 4.79 Å². The number of fused-ring (bicyclic) bond motifs is 2. The summed E-state index contributed by atoms with van der Waals surface area (Å²) in [7, 11) is 0. The minimum Gasteiger partial charge on any atom is -0.460 e. The van der Waals surface area contributed by atoms with Gasteiger partial charge in [-0.2, -0.15) is 0 Å². The molecule has 4 rings (SSSR count). The van der Waals surface area contributed by atoms with E-state index < -0.39 is 5.60 Å². The van der Waals surface area contributed by atoms with E-state index in [1.807, 2.05) is 37.3 Å². The van der Waals surface area contributed by atoms with Crippen LogP contribution in [-0.4, -0.2) is 36.5 Å². The molecule has 124 valence electrons. The SMILES string of the molecule is C[C@@]12CO[C@@H](c3ccccc3)O[C@H]1CC[C@H]1OC(=O)CC[C@@H]1O2. The van der Waals surface area contributed by atoms with Gasteiger partial charge >= 0.3 is 5.97 Å². The van der Waals surface area contributed by atoms with Gasteiger partial charge in [0.25, 0.3) is 0 Å². The smallest absolute Gasteiger partial charge is 0.306 e. The Morgan fingerprint density at radius 2 is 1.91 bits per heavy atom. The van der Waals surface area contributed by atoms with Crippen LogP contribution in [0.5, 0.6) is 0 Å². The Morgan fingerprint density at radius 3 is 2.74 bits per heavy atom. The fourth-order valence-corrected chi connectivity index (χ4v) is 3.73. The monoisotopic (exact) mass is 318 g/mol. The first-order valence-electron chi connectivity index (χ1n) is 8.33. The Bertz CT molecular complexity index is 574. The lowest BCUT2D eigenvalue weighted by Gasteiger charge is -2.44. The van der Waals surface area contributed by atoms with Crippen molar-refractivity contribution in [3.05, 3.63) is 35.9 Å². The van der Waals surface area contributed by atoms with Gasteiger partial charge in [-0.25, -0.2) is 0 Å². The summed E-state index contributed by atoms with van der Waals surface area (Å²) in [5.74, 6) is -0.121. The molecular formula is C18H22O5. The lowest BCUT2D eigenvalue weighted by atomic mass is 9.94. The van der Waals surface area contributed by atoms with Crippen molar-refractivity contribution in [1.29, 1.82) is 0 Å². The number of hydrogen-bond donors (Lipinski definition) is 0. The highest BCUT2D eigenvalue weighted by Gasteiger charge is 2.49. The van der Waals surface area contributed by atoms with Gasteiger partial charge in [-0.05, 0) is 26.2 Å². The summed E-state index contributed by atoms with van der Waals surface area (Å²) < 4.78 is 23.9. The van der Waals surface area contributed by atoms with E-state index in [2.05, 4.69) is 0 Å². The van der Waals surface area contributed by atoms with Crippen LogP contribution in [0.25, 0.3) is 0 Å². The first-order valence-corrected chi connectivity index (χ1v) is 8.33. The topological polar surface area (TPSA) is 54.0 Å². The van der Waals surface area contributed by atoms with Crippen LogP contribution in [0.2, 0.25) is 0 Å². The summed E-state index contributed by atoms with van der Waals surface area (Å²) in [5, 5.41) is 0. The van der Waals surface area contributed by atoms with E-state index in [1.54, 1.807) is 0 Å². The summed E-state index contributed by atoms with van der Waals surface area (Å²) >= 11 is 0. The Hall–Kier alpha value is -1.43. The van der Waals surface area contributed by atoms with Crippen molar-refractivity contribution in [2.75, 3.05) is 6.61 Å². The molecule has 3 fully saturated rings. The second kappa shape index (κ2) is 5.89. The summed E-state index contributed by atoms with van der Waals surface area (Å²) in [5.41, 5.74) is 0.525. The molecule has 0 radical (unpaired) electrons. The molecule has 1 aromatic carbocycles. The van der Waals surface area contributed by atoms with Crippen molar-refractivity contribution in [3.63, 3.8) is 0 Å². The molecule has 5 atom stereocenters. The molecule has 0 unspecified atom stereocenters. The number of carbonyl (C=O) groups excluding carboxylic acids is 1. The van der Waals surface area contributed by atoms with E-state index in [-0.39, 0.29) is 30.6 Å². The van der Waals surface area contributed by atoms with E-state index in [0.29, 0.717) is 19.4 Å². The molecule has 5 heteroatoms. The molecule has 3 heterocycles. The van der Waals surface area contributed by atoms with Gasteiger partial charge in [0.1, 0.15) is 11.7 Å². The average Bonchev–Trinajstić information content (AvgIpc) is 2.71. The van der Waals surface area contributed by atoms with Crippen LogP contribution in [0.1, 0.15) is 44.5 Å². The summed E-state index contributed by atoms with van der Waals surface area (Å²) in [6.07, 6.45) is 2.09. The molecule has 5 nitrogen and oxygen atoms in total. The first-order chi connectivity index (χ1) is 11.1. The second-order valence-corrected chi connectivity index (χ2v) is 6.79. The van der Waals surface area contributed by atoms with Gasteiger partial charge < -0.3 is 18.9 Å². The van der Waals surface area contributed by atoms with E-state index >= 15 is 0 Å². The first kappa shape index (κ1) is 15.1. The predicted octanol–water partition coefficient (Wildman–Crippen LogP) is 2.74. The summed E-state index contributed by atoms with van der Waals surface area (Å²) in [6, 6.07) is 9.95. The van der Waals surface area contributed by atoms with Crippen molar-refractivity contribution in [2.45, 2.75) is 62.8 Å². The van der Waals surface area contributed by atoms with E-state index in [0.717, 1.165) is 18.4 Å². The highest BCUT2D eigenvalue weighted by atomic mass is 16.7. The Balaban J connectivity index is 1.52.